The molecule has 2 bridgehead atoms. The van der Waals surface area contributed by atoms with E-state index >= 15 is 0 Å². The van der Waals surface area contributed by atoms with Gasteiger partial charge in [0.05, 0.1) is 29.6 Å². The first-order valence-corrected chi connectivity index (χ1v) is 19.5. The molecule has 312 valence electrons. The number of carbonyl (C=O) groups is 4. The number of ether oxygens (including phenoxy) is 4. The quantitative estimate of drug-likeness (QED) is 0.0994. The summed E-state index contributed by atoms with van der Waals surface area (Å²) in [5.74, 6) is -6.49. The van der Waals surface area contributed by atoms with Crippen LogP contribution in [0.4, 0.5) is 0 Å². The van der Waals surface area contributed by atoms with Gasteiger partial charge in [-0.05, 0) is 54.8 Å². The normalized spacial score (nSPS) is 33.0. The molecular weight excluding hydrogens is 762 g/mol. The van der Waals surface area contributed by atoms with E-state index in [1.54, 1.807) is 92.7 Å². The number of hydrogen-bond donors (Lipinski definition) is 6. The largest absolute Gasteiger partial charge is 0.504 e. The number of rotatable bonds is 9. The Bertz CT molecular complexity index is 2190. The first-order valence-electron chi connectivity index (χ1n) is 19.5. The van der Waals surface area contributed by atoms with Crippen LogP contribution in [0.25, 0.3) is 0 Å². The van der Waals surface area contributed by atoms with Crippen LogP contribution in [-0.2, 0) is 28.5 Å². The molecule has 10 atom stereocenters. The summed E-state index contributed by atoms with van der Waals surface area (Å²) in [6.07, 6.45) is -8.35. The Labute approximate surface area is 341 Å². The molecule has 3 aromatic rings. The first-order chi connectivity index (χ1) is 27.9. The fourth-order valence-corrected chi connectivity index (χ4v) is 9.85. The number of ketones is 1. The van der Waals surface area contributed by atoms with Gasteiger partial charge in [-0.15, -0.1) is 0 Å². The van der Waals surface area contributed by atoms with Gasteiger partial charge in [0.2, 0.25) is 5.76 Å². The molecule has 3 aliphatic carbocycles. The molecule has 59 heavy (non-hydrogen) atoms. The van der Waals surface area contributed by atoms with Crippen molar-refractivity contribution in [2.45, 2.75) is 95.2 Å². The van der Waals surface area contributed by atoms with Gasteiger partial charge in [0.25, 0.3) is 5.91 Å². The number of benzene rings is 3. The number of fused-ring (bicyclic) bond motifs is 5. The van der Waals surface area contributed by atoms with E-state index in [9.17, 15) is 44.7 Å². The van der Waals surface area contributed by atoms with Crippen molar-refractivity contribution in [1.29, 1.82) is 0 Å². The number of nitrogens with one attached hydrogen (secondary N) is 1. The lowest BCUT2D eigenvalue weighted by Gasteiger charge is -2.67. The first kappa shape index (κ1) is 41.6. The molecule has 2 saturated carbocycles. The van der Waals surface area contributed by atoms with Gasteiger partial charge in [-0.2, -0.15) is 0 Å². The molecule has 3 aromatic carbocycles. The van der Waals surface area contributed by atoms with Crippen molar-refractivity contribution in [3.8, 4) is 0 Å². The molecule has 9 unspecified atom stereocenters. The summed E-state index contributed by atoms with van der Waals surface area (Å²) in [6.45, 7) is 6.95. The molecule has 3 fully saturated rings. The van der Waals surface area contributed by atoms with Crippen LogP contribution in [0.2, 0.25) is 0 Å². The summed E-state index contributed by atoms with van der Waals surface area (Å²) in [6, 6.07) is 23.1. The Kier molecular flexibility index (Phi) is 10.8. The Morgan fingerprint density at radius 2 is 1.44 bits per heavy atom. The number of carbonyl (C=O) groups excluding carboxylic acids is 4. The zero-order valence-electron chi connectivity index (χ0n) is 33.3. The van der Waals surface area contributed by atoms with E-state index in [2.05, 4.69) is 5.32 Å². The van der Waals surface area contributed by atoms with Gasteiger partial charge in [-0.1, -0.05) is 80.6 Å². The predicted molar refractivity (Wildman–Crippen MR) is 209 cm³/mol. The van der Waals surface area contributed by atoms with Crippen LogP contribution < -0.4 is 5.32 Å². The third kappa shape index (κ3) is 6.68. The number of hydrogen-bond acceptors (Lipinski definition) is 13. The minimum absolute atomic E-state index is 0.0355. The van der Waals surface area contributed by atoms with E-state index in [1.165, 1.54) is 26.0 Å². The van der Waals surface area contributed by atoms with Crippen molar-refractivity contribution in [2.24, 2.45) is 16.7 Å². The molecule has 6 N–H and O–H groups in total. The molecular formula is C45H49NO13. The van der Waals surface area contributed by atoms with Gasteiger partial charge < -0.3 is 49.8 Å². The lowest BCUT2D eigenvalue weighted by molar-refractivity contribution is -0.346. The highest BCUT2D eigenvalue weighted by Gasteiger charge is 2.78. The van der Waals surface area contributed by atoms with E-state index < -0.39 is 106 Å². The van der Waals surface area contributed by atoms with Crippen LogP contribution in [-0.4, -0.2) is 97.5 Å². The maximum absolute atomic E-state index is 15.0. The summed E-state index contributed by atoms with van der Waals surface area (Å²) in [7, 11) is 0. The molecule has 1 aliphatic heterocycles. The van der Waals surface area contributed by atoms with Crippen LogP contribution in [0.3, 0.4) is 0 Å². The van der Waals surface area contributed by atoms with Crippen LogP contribution >= 0.6 is 0 Å². The fraction of sp³-hybridized carbons (Fsp3) is 0.422. The van der Waals surface area contributed by atoms with Crippen molar-refractivity contribution in [1.82, 2.24) is 5.32 Å². The zero-order valence-corrected chi connectivity index (χ0v) is 33.3. The van der Waals surface area contributed by atoms with Gasteiger partial charge in [0, 0.05) is 30.7 Å². The van der Waals surface area contributed by atoms with Gasteiger partial charge in [-0.3, -0.25) is 14.4 Å². The van der Waals surface area contributed by atoms with Crippen molar-refractivity contribution >= 4 is 23.6 Å². The van der Waals surface area contributed by atoms with Crippen molar-refractivity contribution < 1.29 is 63.7 Å². The summed E-state index contributed by atoms with van der Waals surface area (Å²) < 4.78 is 24.3. The lowest BCUT2D eigenvalue weighted by atomic mass is 9.44. The summed E-state index contributed by atoms with van der Waals surface area (Å²) >= 11 is 0. The molecule has 0 spiro atoms. The second-order valence-corrected chi connectivity index (χ2v) is 16.6. The van der Waals surface area contributed by atoms with Crippen LogP contribution in [0.1, 0.15) is 79.8 Å². The Balaban J connectivity index is 1.38. The number of amides is 1. The van der Waals surface area contributed by atoms with E-state index in [4.69, 9.17) is 18.9 Å². The number of aliphatic hydroxyl groups excluding tert-OH is 4. The molecule has 0 radical (unpaired) electrons. The average Bonchev–Trinajstić information content (AvgIpc) is 3.21. The molecule has 14 nitrogen and oxygen atoms in total. The minimum Gasteiger partial charge on any atom is -0.504 e. The van der Waals surface area contributed by atoms with Gasteiger partial charge >= 0.3 is 17.9 Å². The lowest BCUT2D eigenvalue weighted by Crippen LogP contribution is -2.81. The van der Waals surface area contributed by atoms with Gasteiger partial charge in [0.15, 0.2) is 11.4 Å². The third-order valence-corrected chi connectivity index (χ3v) is 13.1. The Morgan fingerprint density at radius 3 is 2.00 bits per heavy atom. The summed E-state index contributed by atoms with van der Waals surface area (Å²) in [4.78, 5) is 55.3. The SMILES string of the molecule is CC(=O)OC12COC1C[C@@H](O)C1(C)C(=O)C(O)C3=C(C)C(O/C(O)=C(\O)C(NC(=O)c4ccccc4)c4ccccc4)CC(O)(C(OC(=O)c4ccccc4)C21)C3(C)C. The van der Waals surface area contributed by atoms with Crippen molar-refractivity contribution in [2.75, 3.05) is 6.61 Å². The van der Waals surface area contributed by atoms with Gasteiger partial charge in [-0.25, -0.2) is 4.79 Å². The second-order valence-electron chi connectivity index (χ2n) is 16.6. The van der Waals surface area contributed by atoms with E-state index in [0.717, 1.165) is 6.92 Å². The summed E-state index contributed by atoms with van der Waals surface area (Å²) in [5, 5.41) is 63.5. The highest BCUT2D eigenvalue weighted by Crippen LogP contribution is 2.64. The molecule has 1 saturated heterocycles. The fourth-order valence-electron chi connectivity index (χ4n) is 9.85. The number of Topliss-reactive ketones (excluding diaryl/α,β-unsaturated/α-hetero) is 1. The molecule has 7 rings (SSSR count). The highest BCUT2D eigenvalue weighted by atomic mass is 16.6. The van der Waals surface area contributed by atoms with Crippen LogP contribution in [0.15, 0.2) is 114 Å². The minimum atomic E-state index is -2.33. The van der Waals surface area contributed by atoms with Crippen molar-refractivity contribution in [3.05, 3.63) is 131 Å². The molecule has 1 amide bonds. The average molecular weight is 812 g/mol. The van der Waals surface area contributed by atoms with E-state index in [0.29, 0.717) is 5.56 Å². The smallest absolute Gasteiger partial charge is 0.338 e. The zero-order chi connectivity index (χ0) is 42.7. The van der Waals surface area contributed by atoms with E-state index in [1.807, 2.05) is 0 Å². The number of esters is 2. The van der Waals surface area contributed by atoms with Crippen LogP contribution in [0, 0.1) is 16.7 Å². The standard InChI is InChI=1S/C45H49NO13/c1-24-29(57-41(54)35(50)33(26-15-9-6-10-16-26)46-39(52)27-17-11-7-12-18-27)22-45(55)38(58-40(53)28-19-13-8-14-20-28)36-43(5,37(51)34(49)32(24)42(45,3)4)30(48)21-31-44(36,23-56-31)59-25(2)47/h6-20,29-31,33-34,36,38,48-50,54-55H,21-23H2,1-5H3,(H,46,52)/b41-35-/t29?,30-,31?,33?,34?,36?,38?,43?,44?,45?/m1/s1. The highest BCUT2D eigenvalue weighted by molar-refractivity contribution is 5.95. The molecule has 1 heterocycles. The molecule has 0 aromatic heterocycles. The predicted octanol–water partition coefficient (Wildman–Crippen LogP) is 4.56. The van der Waals surface area contributed by atoms with Crippen molar-refractivity contribution in [3.63, 3.8) is 0 Å². The van der Waals surface area contributed by atoms with Gasteiger partial charge in [0.1, 0.15) is 36.1 Å². The Hall–Kier alpha value is -5.54. The second kappa shape index (κ2) is 15.2. The third-order valence-electron chi connectivity index (χ3n) is 13.1. The topological polar surface area (TPSA) is 218 Å². The van der Waals surface area contributed by atoms with Crippen LogP contribution in [0.5, 0.6) is 0 Å². The Morgan fingerprint density at radius 1 is 0.864 bits per heavy atom. The molecule has 14 heteroatoms. The maximum atomic E-state index is 15.0. The molecule has 4 aliphatic rings. The number of aliphatic hydroxyl groups is 5. The summed E-state index contributed by atoms with van der Waals surface area (Å²) in [5.41, 5.74) is -6.75. The monoisotopic (exact) mass is 811 g/mol. The maximum Gasteiger partial charge on any atom is 0.338 e. The van der Waals surface area contributed by atoms with E-state index in [-0.39, 0.29) is 35.3 Å².